The van der Waals surface area contributed by atoms with Gasteiger partial charge in [-0.3, -0.25) is 5.41 Å². The minimum atomic E-state index is -0.442. The first-order chi connectivity index (χ1) is 5.70. The molecule has 0 spiro atoms. The Bertz CT molecular complexity index is 270. The van der Waals surface area contributed by atoms with Gasteiger partial charge in [0.2, 0.25) is 5.96 Å². The second-order valence-electron chi connectivity index (χ2n) is 1.63. The minimum absolute atomic E-state index is 0.00620. The van der Waals surface area contributed by atoms with Crippen molar-refractivity contribution in [2.45, 2.75) is 0 Å². The van der Waals surface area contributed by atoms with Gasteiger partial charge in [-0.2, -0.15) is 5.21 Å². The lowest BCUT2D eigenvalue weighted by Crippen LogP contribution is -2.37. The SMILES string of the molecule is N=C(N)N(N)N=Nc1nn[nH]n1. The number of aromatic nitrogens is 4. The highest BCUT2D eigenvalue weighted by Crippen LogP contribution is 1.97. The summed E-state index contributed by atoms with van der Waals surface area (Å²) in [6.07, 6.45) is 0. The molecule has 1 aromatic rings. The number of H-pyrrole nitrogens is 1. The largest absolute Gasteiger partial charge is 0.367 e. The third-order valence-corrected chi connectivity index (χ3v) is 0.812. The first kappa shape index (κ1) is 8.00. The van der Waals surface area contributed by atoms with E-state index in [0.29, 0.717) is 5.12 Å². The highest BCUT2D eigenvalue weighted by Gasteiger charge is 1.97. The second-order valence-corrected chi connectivity index (χ2v) is 1.63. The van der Waals surface area contributed by atoms with E-state index in [1.165, 1.54) is 0 Å². The Balaban J connectivity index is 2.56. The maximum absolute atomic E-state index is 6.79. The van der Waals surface area contributed by atoms with E-state index in [1.807, 2.05) is 0 Å². The average molecular weight is 170 g/mol. The van der Waals surface area contributed by atoms with E-state index < -0.39 is 5.96 Å². The van der Waals surface area contributed by atoms with Crippen molar-refractivity contribution in [3.8, 4) is 0 Å². The monoisotopic (exact) mass is 170 g/mol. The third-order valence-electron chi connectivity index (χ3n) is 0.812. The molecular weight excluding hydrogens is 164 g/mol. The molecule has 0 aliphatic carbocycles. The van der Waals surface area contributed by atoms with Crippen LogP contribution in [0.3, 0.4) is 0 Å². The highest BCUT2D eigenvalue weighted by molar-refractivity contribution is 5.73. The second kappa shape index (κ2) is 3.34. The Labute approximate surface area is 66.1 Å². The van der Waals surface area contributed by atoms with E-state index in [2.05, 4.69) is 31.0 Å². The molecule has 0 saturated carbocycles. The first-order valence-corrected chi connectivity index (χ1v) is 2.74. The summed E-state index contributed by atoms with van der Waals surface area (Å²) in [6.45, 7) is 0. The standard InChI is InChI=1S/C2H6N10/c3-1(4)12(5)11-8-2-6-9-10-7-2/h5H2,(H3,3,4)(H,6,7,9,10). The van der Waals surface area contributed by atoms with Gasteiger partial charge in [0.25, 0.3) is 0 Å². The van der Waals surface area contributed by atoms with Gasteiger partial charge in [0.05, 0.1) is 0 Å². The summed E-state index contributed by atoms with van der Waals surface area (Å²) >= 11 is 0. The first-order valence-electron chi connectivity index (χ1n) is 2.74. The van der Waals surface area contributed by atoms with E-state index in [9.17, 15) is 0 Å². The van der Waals surface area contributed by atoms with Crippen molar-refractivity contribution in [2.75, 3.05) is 0 Å². The lowest BCUT2D eigenvalue weighted by Gasteiger charge is -2.04. The summed E-state index contributed by atoms with van der Waals surface area (Å²) in [7, 11) is 0. The Morgan fingerprint density at radius 3 is 2.92 bits per heavy atom. The summed E-state index contributed by atoms with van der Waals surface area (Å²) in [5, 5.41) is 26.3. The molecule has 12 heavy (non-hydrogen) atoms. The molecule has 6 N–H and O–H groups in total. The molecule has 1 heterocycles. The molecule has 0 atom stereocenters. The van der Waals surface area contributed by atoms with Crippen LogP contribution in [0.15, 0.2) is 10.3 Å². The smallest absolute Gasteiger partial charge is 0.309 e. The van der Waals surface area contributed by atoms with Crippen molar-refractivity contribution in [1.29, 1.82) is 5.41 Å². The number of hydrogen-bond acceptors (Lipinski definition) is 7. The van der Waals surface area contributed by atoms with E-state index in [0.717, 1.165) is 0 Å². The molecule has 0 saturated heterocycles. The normalized spacial score (nSPS) is 10.4. The lowest BCUT2D eigenvalue weighted by atomic mass is 11.1. The van der Waals surface area contributed by atoms with Crippen molar-refractivity contribution >= 4 is 11.9 Å². The predicted molar refractivity (Wildman–Crippen MR) is 36.6 cm³/mol. The van der Waals surface area contributed by atoms with Gasteiger partial charge in [0.15, 0.2) is 0 Å². The van der Waals surface area contributed by atoms with Gasteiger partial charge in [-0.1, -0.05) is 10.2 Å². The number of guanidine groups is 1. The molecule has 0 amide bonds. The molecule has 0 aromatic carbocycles. The molecule has 10 heteroatoms. The zero-order chi connectivity index (χ0) is 8.97. The lowest BCUT2D eigenvalue weighted by molar-refractivity contribution is 0.430. The third kappa shape index (κ3) is 1.95. The van der Waals surface area contributed by atoms with Crippen LogP contribution in [0.4, 0.5) is 5.95 Å². The van der Waals surface area contributed by atoms with Crippen molar-refractivity contribution in [3.05, 3.63) is 0 Å². The quantitative estimate of drug-likeness (QED) is 0.136. The molecule has 0 radical (unpaired) electrons. The average Bonchev–Trinajstić information content (AvgIpc) is 2.51. The number of rotatable bonds is 2. The van der Waals surface area contributed by atoms with Crippen LogP contribution in [0.25, 0.3) is 0 Å². The number of nitrogens with one attached hydrogen (secondary N) is 2. The van der Waals surface area contributed by atoms with Crippen LogP contribution in [0, 0.1) is 5.41 Å². The molecule has 0 fully saturated rings. The molecule has 0 unspecified atom stereocenters. The van der Waals surface area contributed by atoms with Crippen molar-refractivity contribution in [2.24, 2.45) is 21.9 Å². The van der Waals surface area contributed by atoms with Gasteiger partial charge >= 0.3 is 5.95 Å². The maximum Gasteiger partial charge on any atom is 0.309 e. The zero-order valence-corrected chi connectivity index (χ0v) is 5.84. The van der Waals surface area contributed by atoms with Crippen LogP contribution in [0.5, 0.6) is 0 Å². The Morgan fingerprint density at radius 2 is 2.42 bits per heavy atom. The maximum atomic E-state index is 6.79. The van der Waals surface area contributed by atoms with Gasteiger partial charge < -0.3 is 5.73 Å². The fraction of sp³-hybridized carbons (Fsp3) is 0. The number of aromatic amines is 1. The van der Waals surface area contributed by atoms with Gasteiger partial charge in [-0.25, -0.2) is 5.84 Å². The van der Waals surface area contributed by atoms with Crippen LogP contribution in [0.2, 0.25) is 0 Å². The van der Waals surface area contributed by atoms with Gasteiger partial charge in [-0.15, -0.1) is 10.2 Å². The van der Waals surface area contributed by atoms with E-state index in [1.54, 1.807) is 0 Å². The van der Waals surface area contributed by atoms with E-state index >= 15 is 0 Å². The topological polar surface area (TPSA) is 158 Å². The van der Waals surface area contributed by atoms with Gasteiger partial charge in [0, 0.05) is 0 Å². The van der Waals surface area contributed by atoms with Crippen molar-refractivity contribution < 1.29 is 0 Å². The molecule has 1 aromatic heterocycles. The molecular formula is C2H6N10. The molecule has 10 nitrogen and oxygen atoms in total. The predicted octanol–water partition coefficient (Wildman–Crippen LogP) is -1.73. The molecule has 64 valence electrons. The molecule has 0 aliphatic rings. The summed E-state index contributed by atoms with van der Waals surface area (Å²) in [5.41, 5.74) is 4.94. The number of tetrazole rings is 1. The van der Waals surface area contributed by atoms with Crippen LogP contribution in [-0.4, -0.2) is 31.7 Å². The summed E-state index contributed by atoms with van der Waals surface area (Å²) in [5.74, 6) is 4.63. The highest BCUT2D eigenvalue weighted by atomic mass is 15.7. The summed E-state index contributed by atoms with van der Waals surface area (Å²) in [6, 6.07) is 0. The van der Waals surface area contributed by atoms with Crippen LogP contribution in [-0.2, 0) is 0 Å². The van der Waals surface area contributed by atoms with Crippen molar-refractivity contribution in [3.63, 3.8) is 0 Å². The van der Waals surface area contributed by atoms with Gasteiger partial charge in [0.1, 0.15) is 0 Å². The Hall–Kier alpha value is -2.10. The zero-order valence-electron chi connectivity index (χ0n) is 5.84. The van der Waals surface area contributed by atoms with E-state index in [-0.39, 0.29) is 5.95 Å². The molecule has 1 rings (SSSR count). The summed E-state index contributed by atoms with van der Waals surface area (Å²) < 4.78 is 0. The number of hydrogen-bond donors (Lipinski definition) is 4. The molecule has 0 aliphatic heterocycles. The van der Waals surface area contributed by atoms with E-state index in [4.69, 9.17) is 17.0 Å². The number of nitrogens with two attached hydrogens (primary N) is 2. The number of hydrazine groups is 1. The van der Waals surface area contributed by atoms with Crippen LogP contribution >= 0.6 is 0 Å². The number of nitrogens with zero attached hydrogens (tertiary/aromatic N) is 6. The minimum Gasteiger partial charge on any atom is -0.367 e. The van der Waals surface area contributed by atoms with Crippen molar-refractivity contribution in [1.82, 2.24) is 25.7 Å². The fourth-order valence-electron chi connectivity index (χ4n) is 0.335. The van der Waals surface area contributed by atoms with Crippen LogP contribution in [0.1, 0.15) is 0 Å². The Morgan fingerprint density at radius 1 is 1.67 bits per heavy atom. The molecule has 0 bridgehead atoms. The van der Waals surface area contributed by atoms with Crippen LogP contribution < -0.4 is 11.6 Å². The van der Waals surface area contributed by atoms with Gasteiger partial charge in [-0.05, 0) is 10.4 Å². The summed E-state index contributed by atoms with van der Waals surface area (Å²) in [4.78, 5) is 0. The fourth-order valence-corrected chi connectivity index (χ4v) is 0.335. The Kier molecular flexibility index (Phi) is 2.23.